The minimum atomic E-state index is -0.508. The zero-order valence-electron chi connectivity index (χ0n) is 7.41. The Hall–Kier alpha value is -1.88. The predicted octanol–water partition coefficient (Wildman–Crippen LogP) is 1.43. The zero-order valence-corrected chi connectivity index (χ0v) is 8.17. The van der Waals surface area contributed by atoms with Crippen LogP contribution in [-0.2, 0) is 0 Å². The van der Waals surface area contributed by atoms with Gasteiger partial charge in [0.1, 0.15) is 11.4 Å². The van der Waals surface area contributed by atoms with Crippen molar-refractivity contribution in [3.63, 3.8) is 0 Å². The van der Waals surface area contributed by atoms with Gasteiger partial charge in [0.25, 0.3) is 0 Å². The summed E-state index contributed by atoms with van der Waals surface area (Å²) in [6, 6.07) is 4.35. The molecule has 0 aliphatic heterocycles. The number of phenols is 1. The van der Waals surface area contributed by atoms with E-state index in [1.54, 1.807) is 0 Å². The van der Waals surface area contributed by atoms with E-state index in [4.69, 9.17) is 11.6 Å². The Bertz CT molecular complexity index is 559. The van der Waals surface area contributed by atoms with Crippen LogP contribution in [0.4, 0.5) is 0 Å². The maximum absolute atomic E-state index is 10.9. The van der Waals surface area contributed by atoms with Crippen LogP contribution < -0.4 is 5.69 Å². The maximum Gasteiger partial charge on any atom is 0.326 e. The molecule has 2 aromatic rings. The summed E-state index contributed by atoms with van der Waals surface area (Å²) in [4.78, 5) is 15.5. The van der Waals surface area contributed by atoms with Gasteiger partial charge in [0.15, 0.2) is 0 Å². The molecule has 0 bridgehead atoms. The Morgan fingerprint density at radius 2 is 1.93 bits per heavy atom. The van der Waals surface area contributed by atoms with E-state index in [1.807, 2.05) is 0 Å². The standard InChI is InChI=1S/C9H7ClN2O3/c10-5-3-4(1-2-6(5)13)7-8(14)12-9(15)11-7/h1-3,13-14H,(H2,11,12,15). The highest BCUT2D eigenvalue weighted by molar-refractivity contribution is 6.32. The Balaban J connectivity index is 2.59. The van der Waals surface area contributed by atoms with Crippen molar-refractivity contribution in [2.24, 2.45) is 0 Å². The van der Waals surface area contributed by atoms with E-state index in [2.05, 4.69) is 9.97 Å². The highest BCUT2D eigenvalue weighted by Crippen LogP contribution is 2.30. The number of benzene rings is 1. The van der Waals surface area contributed by atoms with Gasteiger partial charge in [-0.2, -0.15) is 0 Å². The van der Waals surface area contributed by atoms with Crippen LogP contribution in [0.3, 0.4) is 0 Å². The van der Waals surface area contributed by atoms with Gasteiger partial charge in [-0.25, -0.2) is 4.79 Å². The van der Waals surface area contributed by atoms with Crippen LogP contribution in [0.1, 0.15) is 0 Å². The monoisotopic (exact) mass is 226 g/mol. The van der Waals surface area contributed by atoms with Crippen molar-refractivity contribution in [3.8, 4) is 22.9 Å². The Kier molecular flexibility index (Phi) is 2.17. The maximum atomic E-state index is 10.9. The molecule has 5 nitrogen and oxygen atoms in total. The molecule has 0 fully saturated rings. The first-order chi connectivity index (χ1) is 7.08. The van der Waals surface area contributed by atoms with Crippen molar-refractivity contribution in [3.05, 3.63) is 33.7 Å². The third kappa shape index (κ3) is 1.69. The summed E-state index contributed by atoms with van der Waals surface area (Å²) in [6.07, 6.45) is 0. The average Bonchev–Trinajstić information content (AvgIpc) is 2.50. The number of nitrogens with one attached hydrogen (secondary N) is 2. The zero-order chi connectivity index (χ0) is 11.0. The first kappa shape index (κ1) is 9.67. The Morgan fingerprint density at radius 1 is 1.20 bits per heavy atom. The molecule has 0 atom stereocenters. The normalized spacial score (nSPS) is 10.5. The number of H-pyrrole nitrogens is 2. The highest BCUT2D eigenvalue weighted by atomic mass is 35.5. The molecule has 4 N–H and O–H groups in total. The number of imidazole rings is 1. The van der Waals surface area contributed by atoms with Crippen molar-refractivity contribution in [1.29, 1.82) is 0 Å². The Labute approximate surface area is 89.0 Å². The molecule has 0 saturated heterocycles. The molecule has 0 spiro atoms. The minimum Gasteiger partial charge on any atom is -0.506 e. The summed E-state index contributed by atoms with van der Waals surface area (Å²) in [5.41, 5.74) is 0.238. The summed E-state index contributed by atoms with van der Waals surface area (Å²) < 4.78 is 0. The van der Waals surface area contributed by atoms with Crippen LogP contribution in [0.15, 0.2) is 23.0 Å². The van der Waals surface area contributed by atoms with Crippen LogP contribution in [-0.4, -0.2) is 20.2 Å². The lowest BCUT2D eigenvalue weighted by molar-refractivity contribution is 0.457. The molecule has 15 heavy (non-hydrogen) atoms. The lowest BCUT2D eigenvalue weighted by atomic mass is 10.1. The lowest BCUT2D eigenvalue weighted by Gasteiger charge is -2.00. The van der Waals surface area contributed by atoms with Crippen LogP contribution in [0.25, 0.3) is 11.3 Å². The lowest BCUT2D eigenvalue weighted by Crippen LogP contribution is -1.99. The van der Waals surface area contributed by atoms with Crippen molar-refractivity contribution in [2.75, 3.05) is 0 Å². The quantitative estimate of drug-likeness (QED) is 0.593. The largest absolute Gasteiger partial charge is 0.506 e. The third-order valence-electron chi connectivity index (χ3n) is 1.94. The second-order valence-corrected chi connectivity index (χ2v) is 3.38. The SMILES string of the molecule is O=c1[nH]c(O)c(-c2ccc(O)c(Cl)c2)[nH]1. The summed E-state index contributed by atoms with van der Waals surface area (Å²) in [5.74, 6) is -0.320. The minimum absolute atomic E-state index is 0.0576. The van der Waals surface area contributed by atoms with Crippen molar-refractivity contribution in [2.45, 2.75) is 0 Å². The van der Waals surface area contributed by atoms with Crippen molar-refractivity contribution >= 4 is 11.6 Å². The molecule has 1 aromatic carbocycles. The van der Waals surface area contributed by atoms with E-state index < -0.39 is 5.69 Å². The molecule has 1 heterocycles. The van der Waals surface area contributed by atoms with Gasteiger partial charge < -0.3 is 15.2 Å². The molecule has 2 rings (SSSR count). The van der Waals surface area contributed by atoms with Gasteiger partial charge in [-0.1, -0.05) is 11.6 Å². The number of halogens is 1. The molecule has 78 valence electrons. The van der Waals surface area contributed by atoms with E-state index in [1.165, 1.54) is 18.2 Å². The fourth-order valence-corrected chi connectivity index (χ4v) is 1.43. The van der Waals surface area contributed by atoms with E-state index in [-0.39, 0.29) is 22.3 Å². The number of rotatable bonds is 1. The first-order valence-corrected chi connectivity index (χ1v) is 4.46. The number of aromatic nitrogens is 2. The molecule has 0 amide bonds. The van der Waals surface area contributed by atoms with E-state index in [9.17, 15) is 15.0 Å². The van der Waals surface area contributed by atoms with E-state index >= 15 is 0 Å². The van der Waals surface area contributed by atoms with Gasteiger partial charge in [0.05, 0.1) is 5.02 Å². The number of hydrogen-bond donors (Lipinski definition) is 4. The summed E-state index contributed by atoms with van der Waals surface area (Å²) in [7, 11) is 0. The van der Waals surface area contributed by atoms with Gasteiger partial charge in [0.2, 0.25) is 5.88 Å². The topological polar surface area (TPSA) is 89.1 Å². The van der Waals surface area contributed by atoms with Crippen molar-refractivity contribution in [1.82, 2.24) is 9.97 Å². The predicted molar refractivity (Wildman–Crippen MR) is 55.2 cm³/mol. The van der Waals surface area contributed by atoms with Gasteiger partial charge in [0, 0.05) is 5.56 Å². The molecule has 0 aliphatic rings. The number of aromatic hydroxyl groups is 2. The number of hydrogen-bond acceptors (Lipinski definition) is 3. The first-order valence-electron chi connectivity index (χ1n) is 4.08. The highest BCUT2D eigenvalue weighted by Gasteiger charge is 2.09. The van der Waals surface area contributed by atoms with Crippen LogP contribution in [0.2, 0.25) is 5.02 Å². The smallest absolute Gasteiger partial charge is 0.326 e. The van der Waals surface area contributed by atoms with Crippen LogP contribution >= 0.6 is 11.6 Å². The van der Waals surface area contributed by atoms with Crippen molar-refractivity contribution < 1.29 is 10.2 Å². The summed E-state index contributed by atoms with van der Waals surface area (Å²) in [5, 5.41) is 18.7. The molecule has 0 saturated carbocycles. The molecule has 0 unspecified atom stereocenters. The number of phenolic OH excluding ortho intramolecular Hbond substituents is 1. The fourth-order valence-electron chi connectivity index (χ4n) is 1.25. The second kappa shape index (κ2) is 3.36. The summed E-state index contributed by atoms with van der Waals surface area (Å²) >= 11 is 5.69. The van der Waals surface area contributed by atoms with Gasteiger partial charge in [-0.05, 0) is 18.2 Å². The molecule has 0 radical (unpaired) electrons. The molecular weight excluding hydrogens is 220 g/mol. The average molecular weight is 227 g/mol. The second-order valence-electron chi connectivity index (χ2n) is 2.97. The summed E-state index contributed by atoms with van der Waals surface area (Å²) in [6.45, 7) is 0. The van der Waals surface area contributed by atoms with Crippen LogP contribution in [0.5, 0.6) is 11.6 Å². The molecule has 1 aromatic heterocycles. The molecule has 0 aliphatic carbocycles. The van der Waals surface area contributed by atoms with E-state index in [0.717, 1.165) is 0 Å². The Morgan fingerprint density at radius 3 is 2.47 bits per heavy atom. The van der Waals surface area contributed by atoms with E-state index in [0.29, 0.717) is 5.56 Å². The van der Waals surface area contributed by atoms with Gasteiger partial charge in [-0.3, -0.25) is 4.98 Å². The van der Waals surface area contributed by atoms with Gasteiger partial charge in [-0.15, -0.1) is 0 Å². The molecule has 6 heteroatoms. The number of aromatic amines is 2. The molecular formula is C9H7ClN2O3. The van der Waals surface area contributed by atoms with Crippen LogP contribution in [0, 0.1) is 0 Å². The third-order valence-corrected chi connectivity index (χ3v) is 2.25. The fraction of sp³-hybridized carbons (Fsp3) is 0. The van der Waals surface area contributed by atoms with Gasteiger partial charge >= 0.3 is 5.69 Å².